The number of aliphatic hydroxyl groups is 1. The van der Waals surface area contributed by atoms with Gasteiger partial charge in [-0.2, -0.15) is 0 Å². The molecule has 0 aliphatic rings. The second-order valence-electron chi connectivity index (χ2n) is 4.08. The maximum Gasteiger partial charge on any atom is 0.119 e. The van der Waals surface area contributed by atoms with Crippen LogP contribution in [0.5, 0.6) is 5.75 Å². The van der Waals surface area contributed by atoms with E-state index in [9.17, 15) is 5.11 Å². The lowest BCUT2D eigenvalue weighted by molar-refractivity contribution is 0.171. The summed E-state index contributed by atoms with van der Waals surface area (Å²) in [5, 5.41) is 9.51. The molecule has 0 heterocycles. The van der Waals surface area contributed by atoms with Gasteiger partial charge in [0.2, 0.25) is 0 Å². The van der Waals surface area contributed by atoms with Crippen molar-refractivity contribution in [1.82, 2.24) is 0 Å². The molecule has 1 aromatic rings. The van der Waals surface area contributed by atoms with E-state index in [1.165, 1.54) is 0 Å². The maximum atomic E-state index is 9.51. The predicted molar refractivity (Wildman–Crippen MR) is 68.7 cm³/mol. The van der Waals surface area contributed by atoms with Gasteiger partial charge in [-0.15, -0.1) is 6.42 Å². The Kier molecular flexibility index (Phi) is 5.55. The fourth-order valence-electron chi connectivity index (χ4n) is 1.59. The largest absolute Gasteiger partial charge is 0.492 e. The van der Waals surface area contributed by atoms with E-state index in [0.717, 1.165) is 17.7 Å². The van der Waals surface area contributed by atoms with Crippen molar-refractivity contribution in [2.45, 2.75) is 19.4 Å². The van der Waals surface area contributed by atoms with E-state index in [4.69, 9.17) is 16.9 Å². The van der Waals surface area contributed by atoms with Crippen LogP contribution in [-0.4, -0.2) is 24.4 Å². The zero-order chi connectivity index (χ0) is 12.7. The summed E-state index contributed by atoms with van der Waals surface area (Å²) in [6, 6.07) is 7.77. The summed E-state index contributed by atoms with van der Waals surface area (Å²) in [4.78, 5) is 0. The van der Waals surface area contributed by atoms with Gasteiger partial charge >= 0.3 is 0 Å². The quantitative estimate of drug-likeness (QED) is 0.726. The van der Waals surface area contributed by atoms with Crippen LogP contribution in [-0.2, 0) is 6.42 Å². The third-order valence-corrected chi connectivity index (χ3v) is 2.55. The van der Waals surface area contributed by atoms with Crippen molar-refractivity contribution in [2.24, 2.45) is 11.7 Å². The van der Waals surface area contributed by atoms with E-state index in [1.54, 1.807) is 0 Å². The summed E-state index contributed by atoms with van der Waals surface area (Å²) in [6.07, 6.45) is 5.21. The highest BCUT2D eigenvalue weighted by molar-refractivity contribution is 5.29. The third kappa shape index (κ3) is 4.48. The number of benzene rings is 1. The second kappa shape index (κ2) is 6.95. The van der Waals surface area contributed by atoms with Gasteiger partial charge in [0.15, 0.2) is 0 Å². The van der Waals surface area contributed by atoms with Crippen LogP contribution in [0.2, 0.25) is 0 Å². The summed E-state index contributed by atoms with van der Waals surface area (Å²) >= 11 is 0. The summed E-state index contributed by atoms with van der Waals surface area (Å²) in [6.45, 7) is 2.93. The van der Waals surface area contributed by atoms with Crippen LogP contribution in [0, 0.1) is 18.3 Å². The molecule has 1 aromatic carbocycles. The number of nitrogens with two attached hydrogens (primary N) is 1. The van der Waals surface area contributed by atoms with Crippen LogP contribution in [0.25, 0.3) is 0 Å². The summed E-state index contributed by atoms with van der Waals surface area (Å²) in [5.41, 5.74) is 6.47. The molecule has 2 unspecified atom stereocenters. The van der Waals surface area contributed by atoms with Crippen molar-refractivity contribution in [2.75, 3.05) is 13.2 Å². The zero-order valence-electron chi connectivity index (χ0n) is 10.1. The smallest absolute Gasteiger partial charge is 0.119 e. The Bertz CT molecular complexity index is 384. The van der Waals surface area contributed by atoms with E-state index >= 15 is 0 Å². The van der Waals surface area contributed by atoms with Gasteiger partial charge in [0, 0.05) is 6.54 Å². The van der Waals surface area contributed by atoms with Crippen molar-refractivity contribution in [1.29, 1.82) is 0 Å². The normalized spacial score (nSPS) is 13.8. The van der Waals surface area contributed by atoms with Crippen LogP contribution >= 0.6 is 0 Å². The van der Waals surface area contributed by atoms with E-state index in [1.807, 2.05) is 31.2 Å². The fourth-order valence-corrected chi connectivity index (χ4v) is 1.59. The first-order chi connectivity index (χ1) is 8.17. The van der Waals surface area contributed by atoms with E-state index < -0.39 is 6.10 Å². The molecule has 3 nitrogen and oxygen atoms in total. The van der Waals surface area contributed by atoms with Crippen molar-refractivity contribution in [3.8, 4) is 18.1 Å². The van der Waals surface area contributed by atoms with Crippen molar-refractivity contribution in [3.63, 3.8) is 0 Å². The molecule has 1 rings (SSSR count). The molecule has 3 N–H and O–H groups in total. The first-order valence-electron chi connectivity index (χ1n) is 5.73. The fraction of sp³-hybridized carbons (Fsp3) is 0.429. The van der Waals surface area contributed by atoms with Gasteiger partial charge in [-0.1, -0.05) is 25.0 Å². The van der Waals surface area contributed by atoms with Crippen LogP contribution in [0.4, 0.5) is 0 Å². The molecule has 0 radical (unpaired) electrons. The number of hydrogen-bond donors (Lipinski definition) is 2. The molecule has 0 aliphatic heterocycles. The lowest BCUT2D eigenvalue weighted by Gasteiger charge is -2.14. The second-order valence-corrected chi connectivity index (χ2v) is 4.08. The van der Waals surface area contributed by atoms with Crippen molar-refractivity contribution in [3.05, 3.63) is 29.8 Å². The van der Waals surface area contributed by atoms with Crippen LogP contribution in [0.3, 0.4) is 0 Å². The molecule has 0 aromatic heterocycles. The highest BCUT2D eigenvalue weighted by Gasteiger charge is 2.12. The minimum atomic E-state index is -0.705. The lowest BCUT2D eigenvalue weighted by Crippen LogP contribution is -2.17. The topological polar surface area (TPSA) is 55.5 Å². The number of aliphatic hydroxyl groups excluding tert-OH is 1. The predicted octanol–water partition coefficient (Wildman–Crippen LogP) is 1.20. The Hall–Kier alpha value is -1.50. The molecule has 0 spiro atoms. The van der Waals surface area contributed by atoms with Gasteiger partial charge in [-0.3, -0.25) is 0 Å². The van der Waals surface area contributed by atoms with Crippen molar-refractivity contribution >= 4 is 0 Å². The first-order valence-corrected chi connectivity index (χ1v) is 5.73. The van der Waals surface area contributed by atoms with Gasteiger partial charge < -0.3 is 15.6 Å². The molecule has 3 heteroatoms. The SMILES string of the molecule is C#CC(O)C(C)Cc1cccc(OCCN)c1. The molecule has 0 fully saturated rings. The van der Waals surface area contributed by atoms with Crippen LogP contribution in [0.15, 0.2) is 24.3 Å². The molecule has 17 heavy (non-hydrogen) atoms. The highest BCUT2D eigenvalue weighted by Crippen LogP contribution is 2.17. The van der Waals surface area contributed by atoms with Gasteiger partial charge in [0.05, 0.1) is 0 Å². The Morgan fingerprint density at radius 3 is 2.94 bits per heavy atom. The zero-order valence-corrected chi connectivity index (χ0v) is 10.1. The molecule has 0 aliphatic carbocycles. The van der Waals surface area contributed by atoms with Gasteiger partial charge in [-0.05, 0) is 30.0 Å². The number of ether oxygens (including phenoxy) is 1. The Morgan fingerprint density at radius 2 is 2.29 bits per heavy atom. The Labute approximate surface area is 103 Å². The number of terminal acetylenes is 1. The van der Waals surface area contributed by atoms with Gasteiger partial charge in [0.25, 0.3) is 0 Å². The van der Waals surface area contributed by atoms with E-state index in [-0.39, 0.29) is 5.92 Å². The molecule has 0 saturated carbocycles. The molecular formula is C14H19NO2. The average molecular weight is 233 g/mol. The monoisotopic (exact) mass is 233 g/mol. The molecule has 0 bridgehead atoms. The molecule has 0 saturated heterocycles. The molecule has 2 atom stereocenters. The minimum absolute atomic E-state index is 0.0322. The summed E-state index contributed by atoms with van der Waals surface area (Å²) in [7, 11) is 0. The average Bonchev–Trinajstić information content (AvgIpc) is 2.35. The van der Waals surface area contributed by atoms with Crippen LogP contribution in [0.1, 0.15) is 12.5 Å². The minimum Gasteiger partial charge on any atom is -0.492 e. The van der Waals surface area contributed by atoms with Crippen LogP contribution < -0.4 is 10.5 Å². The third-order valence-electron chi connectivity index (χ3n) is 2.55. The first kappa shape index (κ1) is 13.6. The number of rotatable bonds is 6. The molecule has 92 valence electrons. The van der Waals surface area contributed by atoms with E-state index in [2.05, 4.69) is 5.92 Å². The Balaban J connectivity index is 2.62. The summed E-state index contributed by atoms with van der Waals surface area (Å²) in [5.74, 6) is 3.18. The molecule has 0 amide bonds. The maximum absolute atomic E-state index is 9.51. The number of hydrogen-bond acceptors (Lipinski definition) is 3. The lowest BCUT2D eigenvalue weighted by atomic mass is 9.96. The Morgan fingerprint density at radius 1 is 1.53 bits per heavy atom. The highest BCUT2D eigenvalue weighted by atomic mass is 16.5. The van der Waals surface area contributed by atoms with E-state index in [0.29, 0.717) is 13.2 Å². The standard InChI is InChI=1S/C14H19NO2/c1-3-14(16)11(2)9-12-5-4-6-13(10-12)17-8-7-15/h1,4-6,10-11,14,16H,7-9,15H2,2H3. The summed E-state index contributed by atoms with van der Waals surface area (Å²) < 4.78 is 5.44. The van der Waals surface area contributed by atoms with Gasteiger partial charge in [-0.25, -0.2) is 0 Å². The van der Waals surface area contributed by atoms with Gasteiger partial charge in [0.1, 0.15) is 18.5 Å². The van der Waals surface area contributed by atoms with Crippen molar-refractivity contribution < 1.29 is 9.84 Å². The molecular weight excluding hydrogens is 214 g/mol.